The Morgan fingerprint density at radius 1 is 0.941 bits per heavy atom. The number of carboxylic acid groups (broad SMARTS) is 1. The van der Waals surface area contributed by atoms with Crippen molar-refractivity contribution >= 4 is 24.0 Å². The standard InChI is InChI=1S/C31H51NO4.C7H6FNO.C3H6.C2H6/c1-27(2,26(34)35)18-25(33)36-24-13-16-30(6)22(28(24,3)4)12-15-29(5)20-11-17-31(32)14-7-8-21(31)19(20)9-10-23(29)30;8-6-1-3-7(4-2-6)9-5-10;1-3-2;1-2/h19-24H,7-18,32H2,1-6H3,(H,34,35);1-5H,(H,9,10);3H,1H2,2H3;1-2H3. The number of carboxylic acids is 1. The first-order chi connectivity index (χ1) is 23.9. The Morgan fingerprint density at radius 2 is 1.55 bits per heavy atom. The number of hydrogen-bond donors (Lipinski definition) is 3. The highest BCUT2D eigenvalue weighted by atomic mass is 19.1. The number of benzene rings is 1. The highest BCUT2D eigenvalue weighted by Crippen LogP contribution is 2.72. The van der Waals surface area contributed by atoms with Crippen LogP contribution in [-0.2, 0) is 19.1 Å². The average Bonchev–Trinajstić information content (AvgIpc) is 3.47. The van der Waals surface area contributed by atoms with Gasteiger partial charge in [-0.2, -0.15) is 0 Å². The number of rotatable bonds is 6. The second-order valence-electron chi connectivity index (χ2n) is 17.7. The van der Waals surface area contributed by atoms with E-state index in [1.807, 2.05) is 20.8 Å². The number of anilines is 1. The zero-order valence-electron chi connectivity index (χ0n) is 33.2. The Balaban J connectivity index is 0.000000394. The van der Waals surface area contributed by atoms with Gasteiger partial charge in [-0.05, 0) is 150 Å². The number of carbonyl (C=O) groups is 3. The number of fused-ring (bicyclic) bond motifs is 7. The number of aliphatic carboxylic acids is 1. The van der Waals surface area contributed by atoms with Crippen LogP contribution >= 0.6 is 0 Å². The Morgan fingerprint density at radius 3 is 2.14 bits per heavy atom. The zero-order chi connectivity index (χ0) is 38.4. The highest BCUT2D eigenvalue weighted by Gasteiger charge is 2.66. The molecule has 0 spiro atoms. The maximum atomic E-state index is 12.8. The molecular formula is C43H69FN2O5. The zero-order valence-corrected chi connectivity index (χ0v) is 33.2. The summed E-state index contributed by atoms with van der Waals surface area (Å²) in [5.74, 6) is 1.97. The van der Waals surface area contributed by atoms with Gasteiger partial charge in [0.15, 0.2) is 0 Å². The quantitative estimate of drug-likeness (QED) is 0.153. The Labute approximate surface area is 308 Å². The van der Waals surface area contributed by atoms with Crippen molar-refractivity contribution < 1.29 is 28.6 Å². The van der Waals surface area contributed by atoms with E-state index in [1.54, 1.807) is 19.9 Å². The number of allylic oxidation sites excluding steroid dienone is 1. The number of halogens is 1. The fourth-order valence-electron chi connectivity index (χ4n) is 11.7. The topological polar surface area (TPSA) is 119 Å². The molecule has 6 rings (SSSR count). The van der Waals surface area contributed by atoms with E-state index in [0.29, 0.717) is 23.4 Å². The third-order valence-corrected chi connectivity index (χ3v) is 14.0. The number of nitrogens with one attached hydrogen (secondary N) is 1. The Bertz CT molecular complexity index is 1350. The molecule has 288 valence electrons. The van der Waals surface area contributed by atoms with E-state index in [0.717, 1.165) is 36.5 Å². The van der Waals surface area contributed by atoms with Crippen LogP contribution in [0.5, 0.6) is 0 Å². The highest BCUT2D eigenvalue weighted by molar-refractivity contribution is 5.81. The molecule has 1 aromatic rings. The summed E-state index contributed by atoms with van der Waals surface area (Å²) < 4.78 is 18.3. The van der Waals surface area contributed by atoms with E-state index in [-0.39, 0.29) is 40.7 Å². The number of amides is 1. The van der Waals surface area contributed by atoms with Gasteiger partial charge in [0.05, 0.1) is 11.8 Å². The molecule has 0 radical (unpaired) electrons. The van der Waals surface area contributed by atoms with Crippen LogP contribution in [0.4, 0.5) is 10.1 Å². The number of carbonyl (C=O) groups excluding carboxylic acids is 2. The summed E-state index contributed by atoms with van der Waals surface area (Å²) >= 11 is 0. The number of ether oxygens (including phenoxy) is 1. The van der Waals surface area contributed by atoms with Gasteiger partial charge in [-0.1, -0.05) is 54.0 Å². The largest absolute Gasteiger partial charge is 0.481 e. The van der Waals surface area contributed by atoms with Crippen LogP contribution in [0.25, 0.3) is 0 Å². The molecule has 0 heterocycles. The Kier molecular flexibility index (Phi) is 14.2. The van der Waals surface area contributed by atoms with Crippen molar-refractivity contribution in [3.05, 3.63) is 42.7 Å². The molecule has 1 amide bonds. The molecule has 9 atom stereocenters. The summed E-state index contributed by atoms with van der Waals surface area (Å²) in [4.78, 5) is 34.2. The van der Waals surface area contributed by atoms with Gasteiger partial charge < -0.3 is 20.9 Å². The van der Waals surface area contributed by atoms with Gasteiger partial charge in [-0.3, -0.25) is 14.4 Å². The molecule has 5 aliphatic carbocycles. The summed E-state index contributed by atoms with van der Waals surface area (Å²) in [5, 5.41) is 11.8. The van der Waals surface area contributed by atoms with Crippen LogP contribution in [-0.4, -0.2) is 35.1 Å². The number of esters is 1. The minimum absolute atomic E-state index is 0.0790. The second kappa shape index (κ2) is 16.9. The van der Waals surface area contributed by atoms with Crippen molar-refractivity contribution in [3.8, 4) is 0 Å². The summed E-state index contributed by atoms with van der Waals surface area (Å²) in [6, 6.07) is 5.55. The molecule has 0 saturated heterocycles. The van der Waals surface area contributed by atoms with E-state index in [9.17, 15) is 23.9 Å². The van der Waals surface area contributed by atoms with Gasteiger partial charge in [0.1, 0.15) is 11.9 Å². The van der Waals surface area contributed by atoms with E-state index >= 15 is 0 Å². The maximum absolute atomic E-state index is 12.8. The number of nitrogens with two attached hydrogens (primary N) is 1. The molecule has 0 bridgehead atoms. The first-order valence-electron chi connectivity index (χ1n) is 19.6. The summed E-state index contributed by atoms with van der Waals surface area (Å²) in [6.07, 6.45) is 15.6. The number of hydrogen-bond acceptors (Lipinski definition) is 5. The minimum Gasteiger partial charge on any atom is -0.481 e. The molecule has 7 nitrogen and oxygen atoms in total. The first-order valence-corrected chi connectivity index (χ1v) is 19.6. The van der Waals surface area contributed by atoms with Crippen molar-refractivity contribution in [3.63, 3.8) is 0 Å². The molecule has 51 heavy (non-hydrogen) atoms. The second-order valence-corrected chi connectivity index (χ2v) is 17.7. The lowest BCUT2D eigenvalue weighted by Crippen LogP contribution is -2.64. The van der Waals surface area contributed by atoms with Crippen molar-refractivity contribution in [1.29, 1.82) is 0 Å². The third kappa shape index (κ3) is 8.74. The van der Waals surface area contributed by atoms with Crippen LogP contribution < -0.4 is 11.1 Å². The maximum Gasteiger partial charge on any atom is 0.309 e. The van der Waals surface area contributed by atoms with Crippen LogP contribution in [0.1, 0.15) is 139 Å². The van der Waals surface area contributed by atoms with Crippen molar-refractivity contribution in [2.24, 2.45) is 57.0 Å². The summed E-state index contributed by atoms with van der Waals surface area (Å²) in [6.45, 7) is 22.3. The lowest BCUT2D eigenvalue weighted by Gasteiger charge is -2.69. The molecule has 5 aliphatic rings. The van der Waals surface area contributed by atoms with E-state index in [2.05, 4.69) is 39.6 Å². The smallest absolute Gasteiger partial charge is 0.309 e. The third-order valence-electron chi connectivity index (χ3n) is 14.0. The lowest BCUT2D eigenvalue weighted by molar-refractivity contribution is -0.219. The van der Waals surface area contributed by atoms with Crippen molar-refractivity contribution in [2.75, 3.05) is 5.32 Å². The first kappa shape index (κ1) is 42.7. The molecular weight excluding hydrogens is 643 g/mol. The molecule has 0 aromatic heterocycles. The van der Waals surface area contributed by atoms with Gasteiger partial charge >= 0.3 is 11.9 Å². The lowest BCUT2D eigenvalue weighted by atomic mass is 9.36. The minimum atomic E-state index is -1.10. The predicted molar refractivity (Wildman–Crippen MR) is 204 cm³/mol. The molecule has 1 aromatic carbocycles. The molecule has 9 unspecified atom stereocenters. The SMILES string of the molecule is C=CC.CC.CC(C)(CC(=O)OC1CCC2(C)C(CCC3(C)C4CCC5(N)CCCC5C4CCC32)C1(C)C)C(=O)O.O=CNc1ccc(F)cc1. The van der Waals surface area contributed by atoms with Crippen molar-refractivity contribution in [1.82, 2.24) is 0 Å². The van der Waals surface area contributed by atoms with E-state index in [4.69, 9.17) is 10.5 Å². The van der Waals surface area contributed by atoms with Gasteiger partial charge in [-0.15, -0.1) is 6.58 Å². The van der Waals surface area contributed by atoms with Crippen LogP contribution in [0.15, 0.2) is 36.9 Å². The predicted octanol–water partition coefficient (Wildman–Crippen LogP) is 10.2. The van der Waals surface area contributed by atoms with Crippen molar-refractivity contribution in [2.45, 2.75) is 151 Å². The van der Waals surface area contributed by atoms with Crippen LogP contribution in [0, 0.1) is 57.1 Å². The van der Waals surface area contributed by atoms with Gasteiger partial charge in [0.2, 0.25) is 6.41 Å². The monoisotopic (exact) mass is 713 g/mol. The summed E-state index contributed by atoms with van der Waals surface area (Å²) in [5.41, 5.74) is 7.14. The van der Waals surface area contributed by atoms with Gasteiger partial charge in [0.25, 0.3) is 0 Å². The summed E-state index contributed by atoms with van der Waals surface area (Å²) in [7, 11) is 0. The molecule has 0 aliphatic heterocycles. The Hall–Kier alpha value is -2.74. The van der Waals surface area contributed by atoms with Crippen LogP contribution in [0.3, 0.4) is 0 Å². The van der Waals surface area contributed by atoms with Crippen LogP contribution in [0.2, 0.25) is 0 Å². The fraction of sp³-hybridized carbons (Fsp3) is 0.744. The fourth-order valence-corrected chi connectivity index (χ4v) is 11.7. The molecule has 4 N–H and O–H groups in total. The van der Waals surface area contributed by atoms with Gasteiger partial charge in [-0.25, -0.2) is 4.39 Å². The van der Waals surface area contributed by atoms with Gasteiger partial charge in [0, 0.05) is 16.6 Å². The molecule has 5 fully saturated rings. The normalized spacial score (nSPS) is 35.7. The molecule has 8 heteroatoms. The average molecular weight is 713 g/mol. The van der Waals surface area contributed by atoms with E-state index in [1.165, 1.54) is 82.1 Å². The molecule has 5 saturated carbocycles. The van der Waals surface area contributed by atoms with E-state index < -0.39 is 11.4 Å².